The number of hydrogen-bond donors (Lipinski definition) is 0. The van der Waals surface area contributed by atoms with Gasteiger partial charge < -0.3 is 4.74 Å². The highest BCUT2D eigenvalue weighted by Crippen LogP contribution is 2.37. The van der Waals surface area contributed by atoms with Crippen LogP contribution in [0.2, 0.25) is 0 Å². The van der Waals surface area contributed by atoms with Gasteiger partial charge in [0, 0.05) is 6.61 Å². The van der Waals surface area contributed by atoms with Gasteiger partial charge in [-0.25, -0.2) is 5.11 Å². The number of rotatable bonds is 14. The minimum absolute atomic E-state index is 0.321. The monoisotopic (exact) mass is 378 g/mol. The molecule has 27 heavy (non-hydrogen) atoms. The second kappa shape index (κ2) is 14.9. The Labute approximate surface area is 169 Å². The van der Waals surface area contributed by atoms with Crippen molar-refractivity contribution in [2.24, 2.45) is 11.8 Å². The SMILES string of the molecule is [CH2]CCCCCCCCCCCCCOC1CCC([O])C2CCCC1CC2. The van der Waals surface area contributed by atoms with E-state index >= 15 is 0 Å². The van der Waals surface area contributed by atoms with Gasteiger partial charge in [-0.3, -0.25) is 0 Å². The number of unbranched alkanes of at least 4 members (excludes halogenated alkanes) is 11. The largest absolute Gasteiger partial charge is 0.378 e. The lowest BCUT2D eigenvalue weighted by atomic mass is 9.84. The summed E-state index contributed by atoms with van der Waals surface area (Å²) in [5.74, 6) is 1.20. The predicted octanol–water partition coefficient (Wildman–Crippen LogP) is 7.68. The van der Waals surface area contributed by atoms with E-state index in [-0.39, 0.29) is 6.10 Å². The molecule has 0 aromatic carbocycles. The lowest BCUT2D eigenvalue weighted by Crippen LogP contribution is -2.29. The molecule has 2 radical (unpaired) electrons. The molecule has 158 valence electrons. The summed E-state index contributed by atoms with van der Waals surface area (Å²) in [6, 6.07) is 0. The molecule has 4 atom stereocenters. The zero-order valence-electron chi connectivity index (χ0n) is 18.0. The van der Waals surface area contributed by atoms with Gasteiger partial charge in [0.05, 0.1) is 12.2 Å². The molecule has 0 aromatic heterocycles. The first-order valence-corrected chi connectivity index (χ1v) is 12.4. The van der Waals surface area contributed by atoms with Crippen molar-refractivity contribution < 1.29 is 9.84 Å². The van der Waals surface area contributed by atoms with Crippen molar-refractivity contribution in [3.8, 4) is 0 Å². The Morgan fingerprint density at radius 1 is 0.630 bits per heavy atom. The first-order chi connectivity index (χ1) is 13.3. The van der Waals surface area contributed by atoms with Gasteiger partial charge in [0.25, 0.3) is 0 Å². The van der Waals surface area contributed by atoms with E-state index in [9.17, 15) is 5.11 Å². The summed E-state index contributed by atoms with van der Waals surface area (Å²) in [4.78, 5) is 0. The van der Waals surface area contributed by atoms with Gasteiger partial charge in [-0.1, -0.05) is 84.0 Å². The van der Waals surface area contributed by atoms with Crippen LogP contribution in [0.5, 0.6) is 0 Å². The maximum absolute atomic E-state index is 12.3. The Hall–Kier alpha value is -0.0800. The quantitative estimate of drug-likeness (QED) is 0.285. The molecule has 2 saturated carbocycles. The second-order valence-corrected chi connectivity index (χ2v) is 9.30. The zero-order valence-corrected chi connectivity index (χ0v) is 18.0. The zero-order chi connectivity index (χ0) is 19.2. The normalized spacial score (nSPS) is 28.7. The van der Waals surface area contributed by atoms with Crippen LogP contribution in [0.25, 0.3) is 0 Å². The van der Waals surface area contributed by atoms with Crippen LogP contribution in [-0.4, -0.2) is 18.8 Å². The third-order valence-electron chi connectivity index (χ3n) is 7.07. The second-order valence-electron chi connectivity index (χ2n) is 9.30. The molecule has 0 saturated heterocycles. The highest BCUT2D eigenvalue weighted by atomic mass is 16.5. The number of fused-ring (bicyclic) bond motifs is 3. The van der Waals surface area contributed by atoms with Crippen LogP contribution in [0.15, 0.2) is 0 Å². The summed E-state index contributed by atoms with van der Waals surface area (Å²) in [6.45, 7) is 4.82. The standard InChI is InChI=1S/C25H46O2/c1-2-3-4-5-6-7-8-9-10-11-12-13-21-27-25-20-19-24(26)22-15-14-16-23(25)18-17-22/h22-25H,1-21H2. The molecule has 0 spiro atoms. The minimum atomic E-state index is -0.321. The Kier molecular flexibility index (Phi) is 12.8. The summed E-state index contributed by atoms with van der Waals surface area (Å²) < 4.78 is 6.30. The Bertz CT molecular complexity index is 343. The molecule has 2 bridgehead atoms. The molecule has 2 rings (SSSR count). The van der Waals surface area contributed by atoms with Crippen molar-refractivity contribution in [3.05, 3.63) is 6.92 Å². The fourth-order valence-corrected chi connectivity index (χ4v) is 5.23. The highest BCUT2D eigenvalue weighted by Gasteiger charge is 2.33. The summed E-state index contributed by atoms with van der Waals surface area (Å²) in [7, 11) is 0. The first-order valence-electron chi connectivity index (χ1n) is 12.4. The molecule has 4 unspecified atom stereocenters. The maximum atomic E-state index is 12.3. The van der Waals surface area contributed by atoms with Crippen LogP contribution in [-0.2, 0) is 9.84 Å². The van der Waals surface area contributed by atoms with Crippen LogP contribution < -0.4 is 0 Å². The Balaban J connectivity index is 1.43. The van der Waals surface area contributed by atoms with E-state index in [1.807, 2.05) is 0 Å². The van der Waals surface area contributed by atoms with E-state index in [1.54, 1.807) is 0 Å². The number of hydrogen-bond acceptors (Lipinski definition) is 1. The van der Waals surface area contributed by atoms with Crippen molar-refractivity contribution in [2.45, 2.75) is 134 Å². The molecule has 0 aromatic rings. The van der Waals surface area contributed by atoms with E-state index in [0.717, 1.165) is 38.2 Å². The molecule has 2 heteroatoms. The summed E-state index contributed by atoms with van der Waals surface area (Å²) in [5.41, 5.74) is 0. The lowest BCUT2D eigenvalue weighted by Gasteiger charge is -2.30. The van der Waals surface area contributed by atoms with E-state index < -0.39 is 0 Å². The molecule has 2 nitrogen and oxygen atoms in total. The highest BCUT2D eigenvalue weighted by molar-refractivity contribution is 4.83. The van der Waals surface area contributed by atoms with Gasteiger partial charge in [0.2, 0.25) is 0 Å². The van der Waals surface area contributed by atoms with Gasteiger partial charge in [-0.2, -0.15) is 0 Å². The third-order valence-corrected chi connectivity index (χ3v) is 7.07. The molecular formula is C25H46O2. The molecule has 0 aliphatic heterocycles. The molecule has 2 aliphatic rings. The molecule has 2 aliphatic carbocycles. The van der Waals surface area contributed by atoms with E-state index in [0.29, 0.717) is 12.0 Å². The molecule has 0 N–H and O–H groups in total. The summed E-state index contributed by atoms with van der Waals surface area (Å²) in [6.07, 6.45) is 24.2. The van der Waals surface area contributed by atoms with Crippen molar-refractivity contribution in [1.82, 2.24) is 0 Å². The Morgan fingerprint density at radius 3 is 1.85 bits per heavy atom. The van der Waals surface area contributed by atoms with Crippen LogP contribution in [0.4, 0.5) is 0 Å². The Morgan fingerprint density at radius 2 is 1.19 bits per heavy atom. The van der Waals surface area contributed by atoms with Gasteiger partial charge in [0.1, 0.15) is 0 Å². The van der Waals surface area contributed by atoms with Gasteiger partial charge in [-0.05, 0) is 56.8 Å². The third kappa shape index (κ3) is 9.79. The summed E-state index contributed by atoms with van der Waals surface area (Å²) >= 11 is 0. The fourth-order valence-electron chi connectivity index (χ4n) is 5.23. The maximum Gasteiger partial charge on any atom is 0.0959 e. The molecule has 0 amide bonds. The smallest absolute Gasteiger partial charge is 0.0959 e. The summed E-state index contributed by atoms with van der Waals surface area (Å²) in [5, 5.41) is 12.3. The van der Waals surface area contributed by atoms with Crippen molar-refractivity contribution in [1.29, 1.82) is 0 Å². The van der Waals surface area contributed by atoms with E-state index in [1.165, 1.54) is 96.3 Å². The lowest BCUT2D eigenvalue weighted by molar-refractivity contribution is -0.0368. The average Bonchev–Trinajstić information content (AvgIpc) is 2.89. The van der Waals surface area contributed by atoms with Crippen LogP contribution >= 0.6 is 0 Å². The van der Waals surface area contributed by atoms with Crippen LogP contribution in [0, 0.1) is 18.8 Å². The fraction of sp³-hybridized carbons (Fsp3) is 0.960. The molecule has 2 fully saturated rings. The van der Waals surface area contributed by atoms with Gasteiger partial charge in [0.15, 0.2) is 0 Å². The van der Waals surface area contributed by atoms with Crippen molar-refractivity contribution in [2.75, 3.05) is 6.61 Å². The van der Waals surface area contributed by atoms with Gasteiger partial charge in [-0.15, -0.1) is 0 Å². The first kappa shape index (κ1) is 23.2. The van der Waals surface area contributed by atoms with Crippen molar-refractivity contribution in [3.63, 3.8) is 0 Å². The minimum Gasteiger partial charge on any atom is -0.378 e. The number of ether oxygens (including phenoxy) is 1. The van der Waals surface area contributed by atoms with Crippen LogP contribution in [0.1, 0.15) is 122 Å². The predicted molar refractivity (Wildman–Crippen MR) is 114 cm³/mol. The van der Waals surface area contributed by atoms with Gasteiger partial charge >= 0.3 is 0 Å². The van der Waals surface area contributed by atoms with E-state index in [4.69, 9.17) is 4.74 Å². The molecule has 0 heterocycles. The average molecular weight is 379 g/mol. The van der Waals surface area contributed by atoms with Crippen molar-refractivity contribution >= 4 is 0 Å². The van der Waals surface area contributed by atoms with Crippen LogP contribution in [0.3, 0.4) is 0 Å². The topological polar surface area (TPSA) is 29.1 Å². The molecular weight excluding hydrogens is 332 g/mol. The van der Waals surface area contributed by atoms with E-state index in [2.05, 4.69) is 6.92 Å².